The van der Waals surface area contributed by atoms with Gasteiger partial charge in [0.05, 0.1) is 4.92 Å². The molecule has 0 saturated carbocycles. The lowest BCUT2D eigenvalue weighted by molar-refractivity contribution is -0.384. The Morgan fingerprint density at radius 1 is 0.966 bits per heavy atom. The molecule has 2 N–H and O–H groups in total. The van der Waals surface area contributed by atoms with Gasteiger partial charge in [-0.15, -0.1) is 0 Å². The van der Waals surface area contributed by atoms with Crippen LogP contribution in [0, 0.1) is 10.1 Å². The second-order valence-electron chi connectivity index (χ2n) is 6.01. The minimum absolute atomic E-state index is 0.0863. The van der Waals surface area contributed by atoms with Crippen LogP contribution in [0.25, 0.3) is 0 Å². The van der Waals surface area contributed by atoms with Crippen molar-refractivity contribution in [2.24, 2.45) is 0 Å². The van der Waals surface area contributed by atoms with Crippen LogP contribution in [0.4, 0.5) is 11.4 Å². The SMILES string of the molecule is O=C(NC(=S)Nc1ccc(OCc2ccccc2)cc1)c1ccc([N+](=O)[O-])cc1. The summed E-state index contributed by atoms with van der Waals surface area (Å²) < 4.78 is 5.72. The first-order valence-electron chi connectivity index (χ1n) is 8.65. The quantitative estimate of drug-likeness (QED) is 0.359. The molecule has 0 aliphatic rings. The molecule has 146 valence electrons. The van der Waals surface area contributed by atoms with Crippen molar-refractivity contribution in [3.05, 3.63) is 100 Å². The maximum atomic E-state index is 12.2. The number of anilines is 1. The van der Waals surface area contributed by atoms with Crippen LogP contribution < -0.4 is 15.4 Å². The zero-order valence-electron chi connectivity index (χ0n) is 15.2. The minimum Gasteiger partial charge on any atom is -0.489 e. The Hall–Kier alpha value is -3.78. The van der Waals surface area contributed by atoms with Gasteiger partial charge in [-0.05, 0) is 54.2 Å². The van der Waals surface area contributed by atoms with Crippen molar-refractivity contribution in [1.82, 2.24) is 5.32 Å². The zero-order valence-corrected chi connectivity index (χ0v) is 16.0. The number of rotatable bonds is 6. The van der Waals surface area contributed by atoms with Crippen molar-refractivity contribution in [3.63, 3.8) is 0 Å². The van der Waals surface area contributed by atoms with Gasteiger partial charge >= 0.3 is 0 Å². The molecule has 0 saturated heterocycles. The Morgan fingerprint density at radius 2 is 1.62 bits per heavy atom. The van der Waals surface area contributed by atoms with Crippen molar-refractivity contribution < 1.29 is 14.5 Å². The van der Waals surface area contributed by atoms with Gasteiger partial charge in [-0.25, -0.2) is 0 Å². The van der Waals surface area contributed by atoms with Gasteiger partial charge in [0.1, 0.15) is 12.4 Å². The number of ether oxygens (including phenoxy) is 1. The molecule has 0 aromatic heterocycles. The van der Waals surface area contributed by atoms with E-state index < -0.39 is 10.8 Å². The topological polar surface area (TPSA) is 93.5 Å². The van der Waals surface area contributed by atoms with Crippen LogP contribution in [-0.4, -0.2) is 15.9 Å². The molecule has 0 spiro atoms. The van der Waals surface area contributed by atoms with Gasteiger partial charge in [0.15, 0.2) is 5.11 Å². The van der Waals surface area contributed by atoms with Crippen molar-refractivity contribution in [2.45, 2.75) is 6.61 Å². The maximum Gasteiger partial charge on any atom is 0.269 e. The molecule has 0 heterocycles. The second-order valence-corrected chi connectivity index (χ2v) is 6.42. The predicted molar refractivity (Wildman–Crippen MR) is 114 cm³/mol. The summed E-state index contributed by atoms with van der Waals surface area (Å²) in [6.45, 7) is 0.470. The molecule has 0 atom stereocenters. The molecular weight excluding hydrogens is 390 g/mol. The van der Waals surface area contributed by atoms with E-state index in [1.807, 2.05) is 30.3 Å². The standard InChI is InChI=1S/C21H17N3O4S/c25-20(16-6-10-18(11-7-16)24(26)27)23-21(29)22-17-8-12-19(13-9-17)28-14-15-4-2-1-3-5-15/h1-13H,14H2,(H2,22,23,25,29). The third-order valence-electron chi connectivity index (χ3n) is 3.93. The smallest absolute Gasteiger partial charge is 0.269 e. The van der Waals surface area contributed by atoms with Crippen LogP contribution >= 0.6 is 12.2 Å². The number of amides is 1. The summed E-state index contributed by atoms with van der Waals surface area (Å²) in [7, 11) is 0. The summed E-state index contributed by atoms with van der Waals surface area (Å²) >= 11 is 5.15. The van der Waals surface area contributed by atoms with E-state index in [4.69, 9.17) is 17.0 Å². The van der Waals surface area contributed by atoms with Crippen molar-refractivity contribution >= 4 is 34.6 Å². The van der Waals surface area contributed by atoms with E-state index in [-0.39, 0.29) is 16.4 Å². The fourth-order valence-electron chi connectivity index (χ4n) is 2.45. The molecule has 7 nitrogen and oxygen atoms in total. The lowest BCUT2D eigenvalue weighted by atomic mass is 10.2. The highest BCUT2D eigenvalue weighted by molar-refractivity contribution is 7.80. The molecule has 0 fully saturated rings. The van der Waals surface area contributed by atoms with Gasteiger partial charge in [0.25, 0.3) is 11.6 Å². The molecule has 29 heavy (non-hydrogen) atoms. The van der Waals surface area contributed by atoms with Crippen molar-refractivity contribution in [2.75, 3.05) is 5.32 Å². The number of benzene rings is 3. The summed E-state index contributed by atoms with van der Waals surface area (Å²) in [6, 6.07) is 22.3. The summed E-state index contributed by atoms with van der Waals surface area (Å²) in [5, 5.41) is 16.2. The van der Waals surface area contributed by atoms with Crippen LogP contribution in [0.2, 0.25) is 0 Å². The monoisotopic (exact) mass is 407 g/mol. The first kappa shape index (κ1) is 20.0. The number of nitro groups is 1. The lowest BCUT2D eigenvalue weighted by Gasteiger charge is -2.11. The van der Waals surface area contributed by atoms with Gasteiger partial charge in [-0.3, -0.25) is 20.2 Å². The molecule has 3 rings (SSSR count). The number of thiocarbonyl (C=S) groups is 1. The molecule has 0 aliphatic heterocycles. The van der Waals surface area contributed by atoms with E-state index in [2.05, 4.69) is 10.6 Å². The third-order valence-corrected chi connectivity index (χ3v) is 4.13. The Bertz CT molecular complexity index is 1010. The Balaban J connectivity index is 1.51. The van der Waals surface area contributed by atoms with E-state index in [1.165, 1.54) is 24.3 Å². The summed E-state index contributed by atoms with van der Waals surface area (Å²) in [5.74, 6) is 0.250. The van der Waals surface area contributed by atoms with Crippen molar-refractivity contribution in [3.8, 4) is 5.75 Å². The number of nitrogens with zero attached hydrogens (tertiary/aromatic N) is 1. The Kier molecular flexibility index (Phi) is 6.49. The van der Waals surface area contributed by atoms with Gasteiger partial charge in [-0.1, -0.05) is 30.3 Å². The first-order valence-corrected chi connectivity index (χ1v) is 9.06. The summed E-state index contributed by atoms with van der Waals surface area (Å²) in [6.07, 6.45) is 0. The highest BCUT2D eigenvalue weighted by atomic mass is 32.1. The van der Waals surface area contributed by atoms with Gasteiger partial charge < -0.3 is 10.1 Å². The minimum atomic E-state index is -0.527. The van der Waals surface area contributed by atoms with E-state index in [0.717, 1.165) is 5.56 Å². The Labute approximate surface area is 172 Å². The number of carbonyl (C=O) groups excluding carboxylic acids is 1. The van der Waals surface area contributed by atoms with E-state index in [9.17, 15) is 14.9 Å². The van der Waals surface area contributed by atoms with Gasteiger partial charge in [-0.2, -0.15) is 0 Å². The van der Waals surface area contributed by atoms with Crippen LogP contribution in [-0.2, 0) is 6.61 Å². The number of hydrogen-bond donors (Lipinski definition) is 2. The van der Waals surface area contributed by atoms with Crippen LogP contribution in [0.15, 0.2) is 78.9 Å². The molecule has 3 aromatic carbocycles. The number of non-ortho nitro benzene ring substituents is 1. The molecule has 3 aromatic rings. The van der Waals surface area contributed by atoms with Crippen LogP contribution in [0.3, 0.4) is 0 Å². The average molecular weight is 407 g/mol. The second kappa shape index (κ2) is 9.43. The highest BCUT2D eigenvalue weighted by Gasteiger charge is 2.11. The summed E-state index contributed by atoms with van der Waals surface area (Å²) in [5.41, 5.74) is 1.94. The maximum absolute atomic E-state index is 12.2. The normalized spacial score (nSPS) is 10.1. The number of hydrogen-bond acceptors (Lipinski definition) is 5. The average Bonchev–Trinajstić information content (AvgIpc) is 2.74. The van der Waals surface area contributed by atoms with E-state index in [1.54, 1.807) is 24.3 Å². The molecule has 0 unspecified atom stereocenters. The number of nitro benzene ring substituents is 1. The number of nitrogens with one attached hydrogen (secondary N) is 2. The molecule has 0 radical (unpaired) electrons. The van der Waals surface area contributed by atoms with Crippen LogP contribution in [0.5, 0.6) is 5.75 Å². The largest absolute Gasteiger partial charge is 0.489 e. The zero-order chi connectivity index (χ0) is 20.6. The Morgan fingerprint density at radius 3 is 2.24 bits per heavy atom. The first-order chi connectivity index (χ1) is 14.0. The fraction of sp³-hybridized carbons (Fsp3) is 0.0476. The molecule has 0 aliphatic carbocycles. The van der Waals surface area contributed by atoms with Crippen LogP contribution in [0.1, 0.15) is 15.9 Å². The van der Waals surface area contributed by atoms with E-state index >= 15 is 0 Å². The fourth-order valence-corrected chi connectivity index (χ4v) is 2.66. The highest BCUT2D eigenvalue weighted by Crippen LogP contribution is 2.17. The van der Waals surface area contributed by atoms with E-state index in [0.29, 0.717) is 18.0 Å². The van der Waals surface area contributed by atoms with Gasteiger partial charge in [0, 0.05) is 23.4 Å². The third kappa shape index (κ3) is 5.85. The van der Waals surface area contributed by atoms with Crippen molar-refractivity contribution in [1.29, 1.82) is 0 Å². The van der Waals surface area contributed by atoms with Gasteiger partial charge in [0.2, 0.25) is 0 Å². The molecular formula is C21H17N3O4S. The number of carbonyl (C=O) groups is 1. The predicted octanol–water partition coefficient (Wildman–Crippen LogP) is 4.30. The molecule has 8 heteroatoms. The molecule has 0 bridgehead atoms. The summed E-state index contributed by atoms with van der Waals surface area (Å²) in [4.78, 5) is 22.3. The lowest BCUT2D eigenvalue weighted by Crippen LogP contribution is -2.34. The molecule has 1 amide bonds.